The van der Waals surface area contributed by atoms with Crippen LogP contribution in [0.15, 0.2) is 69.6 Å². The number of nitrogens with zero attached hydrogens (tertiary/aromatic N) is 3. The standard InChI is InChI=1S/C25H21ClN4O2S2/c1-15(16-6-3-2-4-7-16)28-29-21(31)14-33-25-27-23-22(19-8-5-9-20(19)34-23)24(32)30(25)18-12-10-17(26)11-13-18/h2-4,6-7,10-13H,5,8-9,14H2,1H3,(H,29,31). The number of amides is 1. The van der Waals surface area contributed by atoms with Gasteiger partial charge in [-0.1, -0.05) is 53.7 Å². The molecular formula is C25H21ClN4O2S2. The molecule has 1 amide bonds. The molecule has 1 aliphatic carbocycles. The van der Waals surface area contributed by atoms with Gasteiger partial charge in [0.25, 0.3) is 11.5 Å². The van der Waals surface area contributed by atoms with Crippen molar-refractivity contribution < 1.29 is 4.79 Å². The molecule has 1 N–H and O–H groups in total. The molecule has 2 aromatic carbocycles. The fraction of sp³-hybridized carbons (Fsp3) is 0.200. The minimum Gasteiger partial charge on any atom is -0.272 e. The number of nitrogens with one attached hydrogen (secondary N) is 1. The van der Waals surface area contributed by atoms with Gasteiger partial charge < -0.3 is 0 Å². The van der Waals surface area contributed by atoms with Gasteiger partial charge in [0.15, 0.2) is 5.16 Å². The summed E-state index contributed by atoms with van der Waals surface area (Å²) in [5.41, 5.74) is 5.94. The highest BCUT2D eigenvalue weighted by molar-refractivity contribution is 7.99. The molecule has 0 radical (unpaired) electrons. The Hall–Kier alpha value is -2.94. The predicted octanol–water partition coefficient (Wildman–Crippen LogP) is 5.22. The molecule has 172 valence electrons. The van der Waals surface area contributed by atoms with Crippen LogP contribution in [-0.4, -0.2) is 26.9 Å². The lowest BCUT2D eigenvalue weighted by Gasteiger charge is -2.12. The van der Waals surface area contributed by atoms with Gasteiger partial charge in [-0.25, -0.2) is 10.4 Å². The summed E-state index contributed by atoms with van der Waals surface area (Å²) in [7, 11) is 0. The highest BCUT2D eigenvalue weighted by Gasteiger charge is 2.24. The smallest absolute Gasteiger partial charge is 0.267 e. The molecule has 0 aliphatic heterocycles. The number of halogens is 1. The number of hydrazone groups is 1. The van der Waals surface area contributed by atoms with Crippen LogP contribution in [-0.2, 0) is 17.6 Å². The van der Waals surface area contributed by atoms with Crippen molar-refractivity contribution in [3.8, 4) is 5.69 Å². The largest absolute Gasteiger partial charge is 0.272 e. The number of thioether (sulfide) groups is 1. The Labute approximate surface area is 209 Å². The van der Waals surface area contributed by atoms with E-state index in [1.54, 1.807) is 40.2 Å². The van der Waals surface area contributed by atoms with E-state index in [-0.39, 0.29) is 17.2 Å². The summed E-state index contributed by atoms with van der Waals surface area (Å²) in [4.78, 5) is 33.0. The van der Waals surface area contributed by atoms with Crippen molar-refractivity contribution in [3.63, 3.8) is 0 Å². The van der Waals surface area contributed by atoms with E-state index in [1.807, 2.05) is 37.3 Å². The van der Waals surface area contributed by atoms with Gasteiger partial charge in [-0.05, 0) is 61.6 Å². The fourth-order valence-electron chi connectivity index (χ4n) is 3.99. The third-order valence-electron chi connectivity index (χ3n) is 5.67. The molecule has 5 rings (SSSR count). The summed E-state index contributed by atoms with van der Waals surface area (Å²) >= 11 is 8.87. The van der Waals surface area contributed by atoms with E-state index in [1.165, 1.54) is 16.6 Å². The van der Waals surface area contributed by atoms with E-state index in [0.29, 0.717) is 27.0 Å². The Morgan fingerprint density at radius 1 is 1.18 bits per heavy atom. The second kappa shape index (κ2) is 9.74. The zero-order valence-electron chi connectivity index (χ0n) is 18.4. The molecule has 2 heterocycles. The highest BCUT2D eigenvalue weighted by atomic mass is 35.5. The van der Waals surface area contributed by atoms with Gasteiger partial charge in [-0.15, -0.1) is 11.3 Å². The van der Waals surface area contributed by atoms with Crippen molar-refractivity contribution >= 4 is 56.5 Å². The van der Waals surface area contributed by atoms with E-state index in [0.717, 1.165) is 35.2 Å². The number of hydrogen-bond donors (Lipinski definition) is 1. The molecule has 9 heteroatoms. The summed E-state index contributed by atoms with van der Waals surface area (Å²) in [5, 5.41) is 5.96. The van der Waals surface area contributed by atoms with Crippen molar-refractivity contribution in [2.45, 2.75) is 31.3 Å². The summed E-state index contributed by atoms with van der Waals surface area (Å²) in [5.74, 6) is -0.201. The van der Waals surface area contributed by atoms with Gasteiger partial charge in [-0.2, -0.15) is 5.10 Å². The van der Waals surface area contributed by atoms with Gasteiger partial charge in [-0.3, -0.25) is 14.2 Å². The van der Waals surface area contributed by atoms with Crippen molar-refractivity contribution in [2.75, 3.05) is 5.75 Å². The first-order valence-electron chi connectivity index (χ1n) is 10.9. The minimum absolute atomic E-state index is 0.0716. The summed E-state index contributed by atoms with van der Waals surface area (Å²) in [6, 6.07) is 16.7. The normalized spacial score (nSPS) is 13.3. The molecular weight excluding hydrogens is 488 g/mol. The molecule has 4 aromatic rings. The quantitative estimate of drug-likeness (QED) is 0.168. The topological polar surface area (TPSA) is 76.3 Å². The highest BCUT2D eigenvalue weighted by Crippen LogP contribution is 2.36. The first-order valence-corrected chi connectivity index (χ1v) is 13.0. The number of carbonyl (C=O) groups excluding carboxylic acids is 1. The van der Waals surface area contributed by atoms with Crippen LogP contribution in [0.1, 0.15) is 29.3 Å². The van der Waals surface area contributed by atoms with Crippen LogP contribution in [0.2, 0.25) is 5.02 Å². The van der Waals surface area contributed by atoms with Gasteiger partial charge >= 0.3 is 0 Å². The van der Waals surface area contributed by atoms with Gasteiger partial charge in [0.1, 0.15) is 4.83 Å². The number of fused-ring (bicyclic) bond motifs is 3. The SMILES string of the molecule is CC(=NNC(=O)CSc1nc2sc3c(c2c(=O)n1-c1ccc(Cl)cc1)CCC3)c1ccccc1. The molecule has 0 unspecified atom stereocenters. The van der Waals surface area contributed by atoms with E-state index >= 15 is 0 Å². The van der Waals surface area contributed by atoms with Crippen LogP contribution in [0.5, 0.6) is 0 Å². The lowest BCUT2D eigenvalue weighted by Crippen LogP contribution is -2.24. The maximum atomic E-state index is 13.6. The van der Waals surface area contributed by atoms with Crippen molar-refractivity contribution in [1.29, 1.82) is 0 Å². The van der Waals surface area contributed by atoms with E-state index in [4.69, 9.17) is 16.6 Å². The molecule has 0 bridgehead atoms. The van der Waals surface area contributed by atoms with Crippen LogP contribution < -0.4 is 11.0 Å². The predicted molar refractivity (Wildman–Crippen MR) is 140 cm³/mol. The van der Waals surface area contributed by atoms with E-state index in [2.05, 4.69) is 10.5 Å². The Balaban J connectivity index is 1.44. The first kappa shape index (κ1) is 22.8. The first-order chi connectivity index (χ1) is 16.5. The second-order valence-corrected chi connectivity index (χ2v) is 10.4. The van der Waals surface area contributed by atoms with Crippen molar-refractivity contribution in [2.24, 2.45) is 5.10 Å². The zero-order chi connectivity index (χ0) is 23.7. The number of thiophene rings is 1. The summed E-state index contributed by atoms with van der Waals surface area (Å²) in [6.07, 6.45) is 2.96. The molecule has 2 aromatic heterocycles. The third-order valence-corrected chi connectivity index (χ3v) is 8.04. The molecule has 0 saturated carbocycles. The number of aromatic nitrogens is 2. The zero-order valence-corrected chi connectivity index (χ0v) is 20.8. The molecule has 0 saturated heterocycles. The lowest BCUT2D eigenvalue weighted by atomic mass is 10.1. The summed E-state index contributed by atoms with van der Waals surface area (Å²) in [6.45, 7) is 1.84. The molecule has 0 atom stereocenters. The van der Waals surface area contributed by atoms with Crippen LogP contribution in [0.3, 0.4) is 0 Å². The molecule has 0 fully saturated rings. The average molecular weight is 509 g/mol. The summed E-state index contributed by atoms with van der Waals surface area (Å²) < 4.78 is 1.58. The number of rotatable bonds is 6. The molecule has 6 nitrogen and oxygen atoms in total. The molecule has 0 spiro atoms. The Morgan fingerprint density at radius 3 is 2.71 bits per heavy atom. The fourth-order valence-corrected chi connectivity index (χ4v) is 6.23. The van der Waals surface area contributed by atoms with Gasteiger partial charge in [0, 0.05) is 9.90 Å². The van der Waals surface area contributed by atoms with Gasteiger partial charge in [0.05, 0.1) is 22.5 Å². The second-order valence-electron chi connectivity index (χ2n) is 7.94. The Bertz CT molecular complexity index is 1460. The lowest BCUT2D eigenvalue weighted by molar-refractivity contribution is -0.118. The molecule has 34 heavy (non-hydrogen) atoms. The Morgan fingerprint density at radius 2 is 1.94 bits per heavy atom. The number of aryl methyl sites for hydroxylation is 2. The van der Waals surface area contributed by atoms with Crippen molar-refractivity contribution in [3.05, 3.63) is 86.0 Å². The number of carbonyl (C=O) groups is 1. The average Bonchev–Trinajstić information content (AvgIpc) is 3.44. The van der Waals surface area contributed by atoms with Gasteiger partial charge in [0.2, 0.25) is 0 Å². The molecule has 1 aliphatic rings. The van der Waals surface area contributed by atoms with E-state index < -0.39 is 0 Å². The van der Waals surface area contributed by atoms with Crippen LogP contribution in [0.4, 0.5) is 0 Å². The maximum Gasteiger partial charge on any atom is 0.267 e. The van der Waals surface area contributed by atoms with Crippen LogP contribution >= 0.6 is 34.7 Å². The van der Waals surface area contributed by atoms with E-state index in [9.17, 15) is 9.59 Å². The van der Waals surface area contributed by atoms with Crippen molar-refractivity contribution in [1.82, 2.24) is 15.0 Å². The third kappa shape index (κ3) is 4.53. The monoisotopic (exact) mass is 508 g/mol. The Kier molecular flexibility index (Phi) is 6.54. The maximum absolute atomic E-state index is 13.6. The number of benzene rings is 2. The van der Waals surface area contributed by atoms with Crippen LogP contribution in [0.25, 0.3) is 15.9 Å². The minimum atomic E-state index is -0.272. The number of hydrogen-bond acceptors (Lipinski definition) is 6. The van der Waals surface area contributed by atoms with Crippen LogP contribution in [0, 0.1) is 0 Å².